The molecule has 0 radical (unpaired) electrons. The molecule has 0 aliphatic heterocycles. The second-order valence-electron chi connectivity index (χ2n) is 4.59. The van der Waals surface area contributed by atoms with Gasteiger partial charge >= 0.3 is 0 Å². The second-order valence-corrected chi connectivity index (χ2v) is 4.59. The van der Waals surface area contributed by atoms with Crippen LogP contribution in [0, 0.1) is 11.6 Å². The third kappa shape index (κ3) is 2.48. The summed E-state index contributed by atoms with van der Waals surface area (Å²) < 4.78 is 28.4. The number of benzene rings is 2. The topological polar surface area (TPSA) is 17.1 Å². The summed E-state index contributed by atoms with van der Waals surface area (Å²) in [4.78, 5) is 12.3. The molecule has 3 heteroatoms. The van der Waals surface area contributed by atoms with Crippen molar-refractivity contribution in [1.82, 2.24) is 0 Å². The Morgan fingerprint density at radius 1 is 0.850 bits per heavy atom. The highest BCUT2D eigenvalue weighted by atomic mass is 19.1. The maximum atomic E-state index is 14.2. The van der Waals surface area contributed by atoms with Crippen LogP contribution >= 0.6 is 0 Å². The Balaban J connectivity index is 2.52. The fourth-order valence-electron chi connectivity index (χ4n) is 2.20. The van der Waals surface area contributed by atoms with Crippen LogP contribution in [-0.4, -0.2) is 5.78 Å². The van der Waals surface area contributed by atoms with Crippen molar-refractivity contribution in [3.63, 3.8) is 0 Å². The lowest BCUT2D eigenvalue weighted by molar-refractivity contribution is 0.103. The highest BCUT2D eigenvalue weighted by Gasteiger charge is 2.20. The summed E-state index contributed by atoms with van der Waals surface area (Å²) in [7, 11) is 0. The third-order valence-electron chi connectivity index (χ3n) is 3.41. The van der Waals surface area contributed by atoms with Gasteiger partial charge in [0.1, 0.15) is 11.6 Å². The third-order valence-corrected chi connectivity index (χ3v) is 3.41. The SMILES string of the molecule is CCc1cccc(C(=O)c2cccc(CC)c2F)c1F. The standard InChI is InChI=1S/C17H16F2O/c1-3-11-7-5-9-13(15(11)18)17(20)14-10-6-8-12(4-2)16(14)19/h5-10H,3-4H2,1-2H3. The van der Waals surface area contributed by atoms with Gasteiger partial charge in [-0.3, -0.25) is 4.79 Å². The van der Waals surface area contributed by atoms with Crippen LogP contribution in [0.15, 0.2) is 36.4 Å². The molecule has 104 valence electrons. The zero-order valence-corrected chi connectivity index (χ0v) is 11.5. The number of ketones is 1. The van der Waals surface area contributed by atoms with Gasteiger partial charge in [-0.1, -0.05) is 38.1 Å². The Bertz CT molecular complexity index is 592. The number of carbonyl (C=O) groups excluding carboxylic acids is 1. The van der Waals surface area contributed by atoms with E-state index in [0.717, 1.165) is 0 Å². The molecule has 0 spiro atoms. The van der Waals surface area contributed by atoms with Gasteiger partial charge in [0.05, 0.1) is 11.1 Å². The van der Waals surface area contributed by atoms with Crippen molar-refractivity contribution in [2.75, 3.05) is 0 Å². The molecule has 20 heavy (non-hydrogen) atoms. The molecule has 0 N–H and O–H groups in total. The minimum Gasteiger partial charge on any atom is -0.288 e. The maximum Gasteiger partial charge on any atom is 0.198 e. The monoisotopic (exact) mass is 274 g/mol. The quantitative estimate of drug-likeness (QED) is 0.759. The zero-order valence-electron chi connectivity index (χ0n) is 11.5. The Labute approximate surface area is 117 Å². The van der Waals surface area contributed by atoms with Gasteiger partial charge in [0.2, 0.25) is 0 Å². The molecule has 2 aromatic rings. The van der Waals surface area contributed by atoms with Crippen LogP contribution in [0.1, 0.15) is 40.9 Å². The molecule has 0 aliphatic rings. The number of hydrogen-bond acceptors (Lipinski definition) is 1. The second kappa shape index (κ2) is 5.95. The van der Waals surface area contributed by atoms with Gasteiger partial charge in [0, 0.05) is 0 Å². The molecule has 0 saturated heterocycles. The van der Waals surface area contributed by atoms with Crippen molar-refractivity contribution in [3.05, 3.63) is 70.3 Å². The Kier molecular flexibility index (Phi) is 4.28. The molecule has 0 amide bonds. The van der Waals surface area contributed by atoms with Crippen molar-refractivity contribution in [3.8, 4) is 0 Å². The van der Waals surface area contributed by atoms with Gasteiger partial charge in [-0.05, 0) is 36.1 Å². The van der Waals surface area contributed by atoms with Gasteiger partial charge in [-0.2, -0.15) is 0 Å². The molecule has 0 fully saturated rings. The smallest absolute Gasteiger partial charge is 0.198 e. The number of hydrogen-bond donors (Lipinski definition) is 0. The molecule has 2 rings (SSSR count). The summed E-state index contributed by atoms with van der Waals surface area (Å²) in [6, 6.07) is 9.30. The average molecular weight is 274 g/mol. The summed E-state index contributed by atoms with van der Waals surface area (Å²) in [5.74, 6) is -1.71. The summed E-state index contributed by atoms with van der Waals surface area (Å²) in [5, 5.41) is 0. The molecule has 0 heterocycles. The molecule has 0 bridgehead atoms. The summed E-state index contributed by atoms with van der Waals surface area (Å²) in [6.45, 7) is 3.62. The van der Waals surface area contributed by atoms with E-state index in [-0.39, 0.29) is 11.1 Å². The molecule has 2 aromatic carbocycles. The van der Waals surface area contributed by atoms with E-state index >= 15 is 0 Å². The first kappa shape index (κ1) is 14.4. The molecular weight excluding hydrogens is 258 g/mol. The van der Waals surface area contributed by atoms with Crippen molar-refractivity contribution < 1.29 is 13.6 Å². The number of aryl methyl sites for hydroxylation is 2. The van der Waals surface area contributed by atoms with E-state index in [9.17, 15) is 13.6 Å². The van der Waals surface area contributed by atoms with Crippen LogP contribution in [0.5, 0.6) is 0 Å². The minimum absolute atomic E-state index is 0.0727. The normalized spacial score (nSPS) is 10.6. The first-order chi connectivity index (χ1) is 9.60. The summed E-state index contributed by atoms with van der Waals surface area (Å²) in [5.41, 5.74) is 0.777. The van der Waals surface area contributed by atoms with E-state index in [1.807, 2.05) is 13.8 Å². The van der Waals surface area contributed by atoms with Gasteiger partial charge in [-0.15, -0.1) is 0 Å². The lowest BCUT2D eigenvalue weighted by Gasteiger charge is -2.09. The van der Waals surface area contributed by atoms with Crippen LogP contribution in [0.2, 0.25) is 0 Å². The van der Waals surface area contributed by atoms with Crippen LogP contribution in [0.3, 0.4) is 0 Å². The minimum atomic E-state index is -0.606. The predicted molar refractivity (Wildman–Crippen MR) is 75.0 cm³/mol. The van der Waals surface area contributed by atoms with Crippen LogP contribution in [0.4, 0.5) is 8.78 Å². The maximum absolute atomic E-state index is 14.2. The fraction of sp³-hybridized carbons (Fsp3) is 0.235. The van der Waals surface area contributed by atoms with Crippen molar-refractivity contribution in [2.24, 2.45) is 0 Å². The summed E-state index contributed by atoms with van der Waals surface area (Å²) in [6.07, 6.45) is 0.981. The lowest BCUT2D eigenvalue weighted by Crippen LogP contribution is -2.09. The largest absolute Gasteiger partial charge is 0.288 e. The predicted octanol–water partition coefficient (Wildman–Crippen LogP) is 4.32. The molecule has 0 saturated carbocycles. The van der Waals surface area contributed by atoms with E-state index < -0.39 is 17.4 Å². The van der Waals surface area contributed by atoms with Gasteiger partial charge in [0.25, 0.3) is 0 Å². The van der Waals surface area contributed by atoms with E-state index in [2.05, 4.69) is 0 Å². The van der Waals surface area contributed by atoms with Crippen molar-refractivity contribution in [1.29, 1.82) is 0 Å². The molecular formula is C17H16F2O. The zero-order chi connectivity index (χ0) is 14.7. The molecule has 0 unspecified atom stereocenters. The van der Waals surface area contributed by atoms with E-state index in [0.29, 0.717) is 24.0 Å². The first-order valence-corrected chi connectivity index (χ1v) is 6.69. The molecule has 0 aromatic heterocycles. The van der Waals surface area contributed by atoms with Crippen LogP contribution < -0.4 is 0 Å². The average Bonchev–Trinajstić information content (AvgIpc) is 2.47. The Morgan fingerprint density at radius 2 is 1.25 bits per heavy atom. The summed E-state index contributed by atoms with van der Waals surface area (Å²) >= 11 is 0. The lowest BCUT2D eigenvalue weighted by atomic mass is 9.97. The van der Waals surface area contributed by atoms with Gasteiger partial charge < -0.3 is 0 Å². The molecule has 1 nitrogen and oxygen atoms in total. The highest BCUT2D eigenvalue weighted by Crippen LogP contribution is 2.21. The molecule has 0 atom stereocenters. The van der Waals surface area contributed by atoms with Crippen LogP contribution in [-0.2, 0) is 12.8 Å². The Hall–Kier alpha value is -2.03. The van der Waals surface area contributed by atoms with E-state index in [1.165, 1.54) is 12.1 Å². The highest BCUT2D eigenvalue weighted by molar-refractivity contribution is 6.09. The van der Waals surface area contributed by atoms with Gasteiger partial charge in [-0.25, -0.2) is 8.78 Å². The first-order valence-electron chi connectivity index (χ1n) is 6.69. The van der Waals surface area contributed by atoms with Crippen LogP contribution in [0.25, 0.3) is 0 Å². The number of rotatable bonds is 4. The van der Waals surface area contributed by atoms with E-state index in [1.54, 1.807) is 24.3 Å². The number of carbonyl (C=O) groups is 1. The molecule has 0 aliphatic carbocycles. The number of halogens is 2. The van der Waals surface area contributed by atoms with Crippen molar-refractivity contribution >= 4 is 5.78 Å². The van der Waals surface area contributed by atoms with E-state index in [4.69, 9.17) is 0 Å². The van der Waals surface area contributed by atoms with Gasteiger partial charge in [0.15, 0.2) is 5.78 Å². The fourth-order valence-corrected chi connectivity index (χ4v) is 2.20. The van der Waals surface area contributed by atoms with Crippen molar-refractivity contribution in [2.45, 2.75) is 26.7 Å². The Morgan fingerprint density at radius 3 is 1.60 bits per heavy atom.